The number of imidazole rings is 1. The van der Waals surface area contributed by atoms with Gasteiger partial charge in [0.1, 0.15) is 24.0 Å². The zero-order valence-electron chi connectivity index (χ0n) is 22.7. The van der Waals surface area contributed by atoms with Gasteiger partial charge in [0, 0.05) is 35.1 Å². The third kappa shape index (κ3) is 7.99. The van der Waals surface area contributed by atoms with Crippen molar-refractivity contribution in [2.75, 3.05) is 10.6 Å². The van der Waals surface area contributed by atoms with Crippen LogP contribution in [0.5, 0.6) is 0 Å². The fourth-order valence-corrected chi connectivity index (χ4v) is 6.34. The molecular formula is C29H31Cl2N7O3S. The highest BCUT2D eigenvalue weighted by Gasteiger charge is 2.29. The minimum Gasteiger partial charge on any atom is -0.358 e. The number of rotatable bonds is 11. The number of halogens is 2. The molecule has 13 heteroatoms. The van der Waals surface area contributed by atoms with E-state index in [4.69, 9.17) is 23.2 Å². The van der Waals surface area contributed by atoms with Gasteiger partial charge in [-0.1, -0.05) is 67.4 Å². The molecule has 0 aliphatic heterocycles. The van der Waals surface area contributed by atoms with Crippen molar-refractivity contribution in [2.45, 2.75) is 56.0 Å². The molecule has 0 unspecified atom stereocenters. The van der Waals surface area contributed by atoms with E-state index in [0.717, 1.165) is 37.7 Å². The molecule has 0 saturated heterocycles. The average Bonchev–Trinajstić information content (AvgIpc) is 3.52. The van der Waals surface area contributed by atoms with Crippen LogP contribution in [0.25, 0.3) is 5.82 Å². The van der Waals surface area contributed by atoms with Gasteiger partial charge in [0.15, 0.2) is 0 Å². The highest BCUT2D eigenvalue weighted by molar-refractivity contribution is 7.90. The molecule has 42 heavy (non-hydrogen) atoms. The molecule has 5 rings (SSSR count). The Bertz CT molecular complexity index is 1610. The number of benzene rings is 2. The maximum Gasteiger partial charge on any atom is 0.264 e. The second kappa shape index (κ2) is 13.5. The average molecular weight is 629 g/mol. The predicted molar refractivity (Wildman–Crippen MR) is 163 cm³/mol. The summed E-state index contributed by atoms with van der Waals surface area (Å²) in [7, 11) is -4.12. The molecule has 3 N–H and O–H groups in total. The molecule has 220 valence electrons. The molecule has 0 spiro atoms. The normalized spacial score (nSPS) is 14.7. The summed E-state index contributed by atoms with van der Waals surface area (Å²) in [6.45, 7) is 0.415. The summed E-state index contributed by atoms with van der Waals surface area (Å²) in [5, 5.41) is 7.45. The first-order valence-electron chi connectivity index (χ1n) is 13.7. The smallest absolute Gasteiger partial charge is 0.264 e. The number of hydrogen-bond donors (Lipinski definition) is 3. The summed E-state index contributed by atoms with van der Waals surface area (Å²) in [5.74, 6) is 0.808. The molecule has 2 aromatic carbocycles. The topological polar surface area (TPSA) is 131 Å². The molecule has 1 aliphatic carbocycles. The Morgan fingerprint density at radius 3 is 2.50 bits per heavy atom. The van der Waals surface area contributed by atoms with Crippen molar-refractivity contribution in [3.63, 3.8) is 0 Å². The lowest BCUT2D eigenvalue weighted by molar-refractivity contribution is -0.120. The van der Waals surface area contributed by atoms with Gasteiger partial charge in [-0.05, 0) is 54.3 Å². The van der Waals surface area contributed by atoms with E-state index >= 15 is 0 Å². The number of nitrogens with zero attached hydrogens (tertiary/aromatic N) is 4. The van der Waals surface area contributed by atoms with Gasteiger partial charge in [0.25, 0.3) is 15.9 Å². The largest absolute Gasteiger partial charge is 0.358 e. The number of hydrogen-bond acceptors (Lipinski definition) is 8. The Labute approximate surface area is 255 Å². The van der Waals surface area contributed by atoms with Gasteiger partial charge < -0.3 is 10.6 Å². The van der Waals surface area contributed by atoms with E-state index in [1.165, 1.54) is 24.3 Å². The molecule has 1 saturated carbocycles. The van der Waals surface area contributed by atoms with Gasteiger partial charge in [0.05, 0.1) is 4.90 Å². The molecule has 1 amide bonds. The van der Waals surface area contributed by atoms with Crippen LogP contribution in [0.4, 0.5) is 11.8 Å². The molecule has 1 atom stereocenters. The van der Waals surface area contributed by atoms with E-state index in [2.05, 4.69) is 30.3 Å². The van der Waals surface area contributed by atoms with Crippen LogP contribution in [0.15, 0.2) is 78.2 Å². The summed E-state index contributed by atoms with van der Waals surface area (Å²) in [6.07, 6.45) is 10.7. The lowest BCUT2D eigenvalue weighted by atomic mass is 9.84. The van der Waals surface area contributed by atoms with Crippen LogP contribution >= 0.6 is 23.2 Å². The number of carbonyl (C=O) groups is 1. The lowest BCUT2D eigenvalue weighted by Gasteiger charge is -2.27. The summed E-state index contributed by atoms with van der Waals surface area (Å²) in [5.41, 5.74) is 0.940. The van der Waals surface area contributed by atoms with E-state index < -0.39 is 22.0 Å². The number of carbonyl (C=O) groups excluding carboxylic acids is 1. The Kier molecular flexibility index (Phi) is 9.61. The minimum atomic E-state index is -4.12. The number of aromatic nitrogens is 4. The van der Waals surface area contributed by atoms with Crippen LogP contribution in [0.1, 0.15) is 44.1 Å². The van der Waals surface area contributed by atoms with Crippen LogP contribution in [-0.2, 0) is 21.4 Å². The summed E-state index contributed by atoms with van der Waals surface area (Å²) < 4.78 is 30.1. The number of anilines is 2. The lowest BCUT2D eigenvalue weighted by Crippen LogP contribution is -2.44. The molecule has 2 heterocycles. The highest BCUT2D eigenvalue weighted by atomic mass is 35.5. The van der Waals surface area contributed by atoms with Crippen LogP contribution < -0.4 is 15.4 Å². The fraction of sp³-hybridized carbons (Fsp3) is 0.310. The van der Waals surface area contributed by atoms with E-state index in [-0.39, 0.29) is 10.8 Å². The molecular weight excluding hydrogens is 597 g/mol. The Hall–Kier alpha value is -3.67. The highest BCUT2D eigenvalue weighted by Crippen LogP contribution is 2.29. The van der Waals surface area contributed by atoms with Gasteiger partial charge >= 0.3 is 0 Å². The number of nitrogens with one attached hydrogen (secondary N) is 3. The number of sulfonamides is 1. The quantitative estimate of drug-likeness (QED) is 0.189. The summed E-state index contributed by atoms with van der Waals surface area (Å²) in [4.78, 5) is 26.8. The second-order valence-corrected chi connectivity index (χ2v) is 12.8. The van der Waals surface area contributed by atoms with Crippen molar-refractivity contribution < 1.29 is 13.2 Å². The first-order chi connectivity index (χ1) is 20.2. The minimum absolute atomic E-state index is 0.0476. The zero-order chi connectivity index (χ0) is 29.5. The third-order valence-corrected chi connectivity index (χ3v) is 8.96. The van der Waals surface area contributed by atoms with Crippen LogP contribution in [0.2, 0.25) is 10.0 Å². The van der Waals surface area contributed by atoms with Crippen molar-refractivity contribution in [1.29, 1.82) is 0 Å². The molecule has 1 aliphatic rings. The van der Waals surface area contributed by atoms with E-state index in [9.17, 15) is 13.2 Å². The fourth-order valence-electron chi connectivity index (χ4n) is 4.98. The van der Waals surface area contributed by atoms with Crippen molar-refractivity contribution in [3.05, 3.63) is 88.9 Å². The Morgan fingerprint density at radius 2 is 1.79 bits per heavy atom. The maximum atomic E-state index is 13.6. The SMILES string of the molecule is O=C(NS(=O)(=O)c1ccc(Cl)cc1)[C@@H](CC1CCCCC1)Nc1cc(-n2ccnc2)nc(NCc2cccc(Cl)c2)n1. The van der Waals surface area contributed by atoms with Crippen molar-refractivity contribution in [1.82, 2.24) is 24.2 Å². The predicted octanol–water partition coefficient (Wildman–Crippen LogP) is 5.84. The van der Waals surface area contributed by atoms with Gasteiger partial charge in [0.2, 0.25) is 5.95 Å². The van der Waals surface area contributed by atoms with Crippen LogP contribution in [0.3, 0.4) is 0 Å². The van der Waals surface area contributed by atoms with Gasteiger partial charge in [-0.2, -0.15) is 9.97 Å². The van der Waals surface area contributed by atoms with Gasteiger partial charge in [-0.25, -0.2) is 18.1 Å². The molecule has 1 fully saturated rings. The molecule has 0 bridgehead atoms. The monoisotopic (exact) mass is 627 g/mol. The molecule has 10 nitrogen and oxygen atoms in total. The van der Waals surface area contributed by atoms with Crippen molar-refractivity contribution >= 4 is 50.9 Å². The maximum absolute atomic E-state index is 13.6. The standard InChI is InChI=1S/C29H31Cl2N7O3S/c30-22-9-11-24(12-10-22)42(40,41)37-28(39)25(16-20-5-2-1-3-6-20)34-26-17-27(38-14-13-32-19-38)36-29(35-26)33-18-21-7-4-8-23(31)15-21/h4,7-15,17,19-20,25H,1-3,5-6,16,18H2,(H,37,39)(H2,33,34,35,36)/t25-/m1/s1. The van der Waals surface area contributed by atoms with Crippen LogP contribution in [0, 0.1) is 5.92 Å². The molecule has 2 aromatic heterocycles. The summed E-state index contributed by atoms with van der Waals surface area (Å²) >= 11 is 12.1. The van der Waals surface area contributed by atoms with Gasteiger partial charge in [-0.3, -0.25) is 9.36 Å². The van der Waals surface area contributed by atoms with Gasteiger partial charge in [-0.15, -0.1) is 0 Å². The third-order valence-electron chi connectivity index (χ3n) is 7.11. The van der Waals surface area contributed by atoms with E-state index in [1.54, 1.807) is 35.4 Å². The Balaban J connectivity index is 1.41. The molecule has 0 radical (unpaired) electrons. The first kappa shape index (κ1) is 29.8. The van der Waals surface area contributed by atoms with Crippen molar-refractivity contribution in [3.8, 4) is 5.82 Å². The van der Waals surface area contributed by atoms with E-state index in [1.807, 2.05) is 18.2 Å². The Morgan fingerprint density at radius 1 is 1.00 bits per heavy atom. The molecule has 4 aromatic rings. The zero-order valence-corrected chi connectivity index (χ0v) is 25.0. The second-order valence-electron chi connectivity index (χ2n) is 10.2. The summed E-state index contributed by atoms with van der Waals surface area (Å²) in [6, 6.07) is 13.9. The first-order valence-corrected chi connectivity index (χ1v) is 15.9. The van der Waals surface area contributed by atoms with Crippen molar-refractivity contribution in [2.24, 2.45) is 5.92 Å². The number of amides is 1. The van der Waals surface area contributed by atoms with Crippen LogP contribution in [-0.4, -0.2) is 39.9 Å². The van der Waals surface area contributed by atoms with E-state index in [0.29, 0.717) is 40.6 Å².